The first-order chi connectivity index (χ1) is 15.2. The molecule has 0 aliphatic heterocycles. The van der Waals surface area contributed by atoms with Gasteiger partial charge in [-0.2, -0.15) is 9.97 Å². The second-order valence-corrected chi connectivity index (χ2v) is 7.17. The standard InChI is InChI=1S/C23H22N6O2/c1-30-12-11-29-10-8-15-13-17(5-6-20(15)29)26-23-27-21-19(7-9-25-21)22(28-23)31-18-4-2-3-16(24)14-18/h2-10,13-14H,11-12,24H2,1H3,(H2,25,26,27,28). The number of aromatic nitrogens is 4. The van der Waals surface area contributed by atoms with Crippen LogP contribution in [0, 0.1) is 0 Å². The maximum Gasteiger partial charge on any atom is 0.233 e. The topological polar surface area (TPSA) is 103 Å². The van der Waals surface area contributed by atoms with Gasteiger partial charge in [0.25, 0.3) is 0 Å². The summed E-state index contributed by atoms with van der Waals surface area (Å²) in [4.78, 5) is 12.3. The lowest BCUT2D eigenvalue weighted by Gasteiger charge is -2.10. The molecular formula is C23H22N6O2. The van der Waals surface area contributed by atoms with Crippen LogP contribution in [0.4, 0.5) is 17.3 Å². The Morgan fingerprint density at radius 3 is 2.90 bits per heavy atom. The molecule has 156 valence electrons. The maximum atomic E-state index is 6.01. The Kier molecular flexibility index (Phi) is 4.89. The van der Waals surface area contributed by atoms with Crippen LogP contribution in [0.3, 0.4) is 0 Å². The molecule has 0 aliphatic carbocycles. The number of anilines is 3. The summed E-state index contributed by atoms with van der Waals surface area (Å²) in [7, 11) is 1.71. The fourth-order valence-corrected chi connectivity index (χ4v) is 3.53. The average molecular weight is 414 g/mol. The van der Waals surface area contributed by atoms with Crippen LogP contribution in [0.15, 0.2) is 67.0 Å². The molecule has 0 spiro atoms. The molecule has 0 saturated carbocycles. The third kappa shape index (κ3) is 3.88. The molecule has 0 atom stereocenters. The zero-order valence-electron chi connectivity index (χ0n) is 17.0. The van der Waals surface area contributed by atoms with Gasteiger partial charge in [-0.15, -0.1) is 0 Å². The Morgan fingerprint density at radius 2 is 2.03 bits per heavy atom. The second kappa shape index (κ2) is 8.00. The number of ether oxygens (including phenoxy) is 2. The molecule has 3 heterocycles. The van der Waals surface area contributed by atoms with E-state index in [-0.39, 0.29) is 0 Å². The summed E-state index contributed by atoms with van der Waals surface area (Å²) < 4.78 is 13.4. The fraction of sp³-hybridized carbons (Fsp3) is 0.130. The van der Waals surface area contributed by atoms with Crippen molar-refractivity contribution in [2.24, 2.45) is 0 Å². The van der Waals surface area contributed by atoms with Crippen LogP contribution in [0.5, 0.6) is 11.6 Å². The molecule has 8 heteroatoms. The van der Waals surface area contributed by atoms with Crippen molar-refractivity contribution in [2.75, 3.05) is 24.8 Å². The van der Waals surface area contributed by atoms with Crippen molar-refractivity contribution in [1.82, 2.24) is 19.5 Å². The van der Waals surface area contributed by atoms with E-state index in [1.165, 1.54) is 0 Å². The quantitative estimate of drug-likeness (QED) is 0.334. The molecule has 31 heavy (non-hydrogen) atoms. The van der Waals surface area contributed by atoms with Crippen LogP contribution < -0.4 is 15.8 Å². The van der Waals surface area contributed by atoms with Gasteiger partial charge >= 0.3 is 0 Å². The number of fused-ring (bicyclic) bond motifs is 2. The largest absolute Gasteiger partial charge is 0.438 e. The number of hydrogen-bond acceptors (Lipinski definition) is 6. The highest BCUT2D eigenvalue weighted by atomic mass is 16.5. The van der Waals surface area contributed by atoms with Gasteiger partial charge in [0.05, 0.1) is 12.0 Å². The molecule has 0 aliphatic rings. The van der Waals surface area contributed by atoms with E-state index in [0.29, 0.717) is 35.5 Å². The highest BCUT2D eigenvalue weighted by Gasteiger charge is 2.12. The van der Waals surface area contributed by atoms with Crippen LogP contribution in [-0.2, 0) is 11.3 Å². The molecule has 0 bridgehead atoms. The van der Waals surface area contributed by atoms with Crippen molar-refractivity contribution in [3.63, 3.8) is 0 Å². The summed E-state index contributed by atoms with van der Waals surface area (Å²) in [6.07, 6.45) is 3.87. The van der Waals surface area contributed by atoms with E-state index in [1.807, 2.05) is 36.5 Å². The third-order valence-electron chi connectivity index (χ3n) is 5.02. The first kappa shape index (κ1) is 19.0. The molecule has 2 aromatic carbocycles. The third-order valence-corrected chi connectivity index (χ3v) is 5.02. The van der Waals surface area contributed by atoms with Gasteiger partial charge in [0, 0.05) is 54.4 Å². The minimum absolute atomic E-state index is 0.437. The SMILES string of the molecule is COCCn1ccc2cc(Nc3nc(Oc4cccc(N)c4)c4cc[nH]c4n3)ccc21. The summed E-state index contributed by atoms with van der Waals surface area (Å²) >= 11 is 0. The number of H-pyrrole nitrogens is 1. The molecule has 0 fully saturated rings. The Balaban J connectivity index is 1.45. The number of aromatic amines is 1. The lowest BCUT2D eigenvalue weighted by atomic mass is 10.2. The molecular weight excluding hydrogens is 392 g/mol. The van der Waals surface area contributed by atoms with Gasteiger partial charge < -0.3 is 30.1 Å². The smallest absolute Gasteiger partial charge is 0.233 e. The van der Waals surface area contributed by atoms with E-state index in [0.717, 1.165) is 28.5 Å². The number of rotatable bonds is 7. The molecule has 0 amide bonds. The highest BCUT2D eigenvalue weighted by Crippen LogP contribution is 2.30. The van der Waals surface area contributed by atoms with Crippen molar-refractivity contribution in [2.45, 2.75) is 6.54 Å². The van der Waals surface area contributed by atoms with Crippen LogP contribution >= 0.6 is 0 Å². The molecule has 0 saturated heterocycles. The number of nitrogens with one attached hydrogen (secondary N) is 2. The van der Waals surface area contributed by atoms with Gasteiger partial charge in [-0.25, -0.2) is 0 Å². The van der Waals surface area contributed by atoms with Crippen LogP contribution in [0.2, 0.25) is 0 Å². The number of hydrogen-bond donors (Lipinski definition) is 3. The molecule has 3 aromatic heterocycles. The highest BCUT2D eigenvalue weighted by molar-refractivity contribution is 5.86. The van der Waals surface area contributed by atoms with Crippen LogP contribution in [0.1, 0.15) is 0 Å². The van der Waals surface area contributed by atoms with E-state index in [1.54, 1.807) is 13.2 Å². The normalized spacial score (nSPS) is 11.3. The first-order valence-electron chi connectivity index (χ1n) is 9.93. The zero-order chi connectivity index (χ0) is 21.2. The summed E-state index contributed by atoms with van der Waals surface area (Å²) in [5.41, 5.74) is 9.21. The molecule has 5 rings (SSSR count). The van der Waals surface area contributed by atoms with E-state index in [4.69, 9.17) is 15.2 Å². The average Bonchev–Trinajstić information content (AvgIpc) is 3.39. The van der Waals surface area contributed by atoms with Crippen molar-refractivity contribution in [3.8, 4) is 11.6 Å². The number of nitrogens with zero attached hydrogens (tertiary/aromatic N) is 3. The Bertz CT molecular complexity index is 1360. The van der Waals surface area contributed by atoms with Crippen molar-refractivity contribution in [1.29, 1.82) is 0 Å². The zero-order valence-corrected chi connectivity index (χ0v) is 17.0. The van der Waals surface area contributed by atoms with E-state index >= 15 is 0 Å². The van der Waals surface area contributed by atoms with Crippen LogP contribution in [-0.4, -0.2) is 33.2 Å². The van der Waals surface area contributed by atoms with Gasteiger partial charge in [-0.3, -0.25) is 0 Å². The van der Waals surface area contributed by atoms with Gasteiger partial charge in [0.1, 0.15) is 11.4 Å². The number of methoxy groups -OCH3 is 1. The molecule has 4 N–H and O–H groups in total. The molecule has 5 aromatic rings. The number of nitrogen functional groups attached to an aromatic ring is 1. The lowest BCUT2D eigenvalue weighted by molar-refractivity contribution is 0.188. The minimum atomic E-state index is 0.437. The van der Waals surface area contributed by atoms with Crippen molar-refractivity contribution < 1.29 is 9.47 Å². The summed E-state index contributed by atoms with van der Waals surface area (Å²) in [6, 6.07) is 17.4. The molecule has 8 nitrogen and oxygen atoms in total. The Labute approximate surface area is 178 Å². The predicted octanol–water partition coefficient (Wildman–Crippen LogP) is 4.68. The van der Waals surface area contributed by atoms with Gasteiger partial charge in [-0.05, 0) is 42.5 Å². The van der Waals surface area contributed by atoms with E-state index < -0.39 is 0 Å². The Morgan fingerprint density at radius 1 is 1.10 bits per heavy atom. The van der Waals surface area contributed by atoms with Crippen molar-refractivity contribution >= 4 is 39.3 Å². The second-order valence-electron chi connectivity index (χ2n) is 7.17. The summed E-state index contributed by atoms with van der Waals surface area (Å²) in [5, 5.41) is 5.20. The van der Waals surface area contributed by atoms with Crippen LogP contribution in [0.25, 0.3) is 21.9 Å². The number of nitrogens with two attached hydrogens (primary N) is 1. The maximum absolute atomic E-state index is 6.01. The fourth-order valence-electron chi connectivity index (χ4n) is 3.53. The molecule has 0 unspecified atom stereocenters. The van der Waals surface area contributed by atoms with E-state index in [2.05, 4.69) is 49.2 Å². The number of benzene rings is 2. The van der Waals surface area contributed by atoms with Gasteiger partial charge in [-0.1, -0.05) is 6.07 Å². The predicted molar refractivity (Wildman–Crippen MR) is 122 cm³/mol. The van der Waals surface area contributed by atoms with E-state index in [9.17, 15) is 0 Å². The van der Waals surface area contributed by atoms with Gasteiger partial charge in [0.2, 0.25) is 11.8 Å². The molecule has 0 radical (unpaired) electrons. The minimum Gasteiger partial charge on any atom is -0.438 e. The monoisotopic (exact) mass is 414 g/mol. The first-order valence-corrected chi connectivity index (χ1v) is 9.93. The van der Waals surface area contributed by atoms with Crippen molar-refractivity contribution in [3.05, 3.63) is 67.0 Å². The summed E-state index contributed by atoms with van der Waals surface area (Å²) in [5.74, 6) is 1.50. The lowest BCUT2D eigenvalue weighted by Crippen LogP contribution is -2.02. The van der Waals surface area contributed by atoms with Gasteiger partial charge in [0.15, 0.2) is 0 Å². The Hall–Kier alpha value is -4.04. The summed E-state index contributed by atoms with van der Waals surface area (Å²) in [6.45, 7) is 1.48.